The molecule has 2 heterocycles. The summed E-state index contributed by atoms with van der Waals surface area (Å²) in [6, 6.07) is 20.3. The third-order valence-corrected chi connectivity index (χ3v) is 6.86. The number of primary amides is 1. The van der Waals surface area contributed by atoms with Crippen LogP contribution in [0.4, 0.5) is 0 Å². The molecule has 1 amide bonds. The average molecular weight is 463 g/mol. The van der Waals surface area contributed by atoms with E-state index in [0.29, 0.717) is 23.4 Å². The zero-order chi connectivity index (χ0) is 23.6. The lowest BCUT2D eigenvalue weighted by atomic mass is 9.94. The van der Waals surface area contributed by atoms with E-state index in [1.807, 2.05) is 75.4 Å². The van der Waals surface area contributed by atoms with Gasteiger partial charge < -0.3 is 10.3 Å². The van der Waals surface area contributed by atoms with Crippen molar-refractivity contribution in [3.8, 4) is 11.3 Å². The largest absolute Gasteiger partial charge is 0.364 e. The highest BCUT2D eigenvalue weighted by molar-refractivity contribution is 7.84. The van der Waals surface area contributed by atoms with Crippen LogP contribution in [0.1, 0.15) is 48.6 Å². The van der Waals surface area contributed by atoms with Gasteiger partial charge in [-0.1, -0.05) is 47.6 Å². The molecule has 170 valence electrons. The minimum atomic E-state index is -1.35. The number of carbonyl (C=O) groups is 1. The standard InChI is InChI=1S/C25H26N4O3S/c1-25(2,3)33(31)29-21(15-16-9-8-13-20(27-16)24(26)30)17-10-4-5-11-18(17)23-19-12-6-7-14-22(19)32-28-23/h4-14,21,29H,15H2,1-3H3,(H2,26,30)/t21-,33-/m0/s1. The van der Waals surface area contributed by atoms with E-state index in [2.05, 4.69) is 14.9 Å². The van der Waals surface area contributed by atoms with Gasteiger partial charge in [0.2, 0.25) is 0 Å². The fourth-order valence-corrected chi connectivity index (χ4v) is 4.38. The molecule has 0 aliphatic rings. The fraction of sp³-hybridized carbons (Fsp3) is 0.240. The van der Waals surface area contributed by atoms with Gasteiger partial charge in [-0.05, 0) is 50.6 Å². The highest BCUT2D eigenvalue weighted by Gasteiger charge is 2.27. The van der Waals surface area contributed by atoms with Gasteiger partial charge in [-0.2, -0.15) is 0 Å². The molecule has 4 aromatic rings. The molecule has 8 heteroatoms. The van der Waals surface area contributed by atoms with Gasteiger partial charge in [-0.3, -0.25) is 4.79 Å². The van der Waals surface area contributed by atoms with Crippen LogP contribution in [-0.4, -0.2) is 25.0 Å². The second-order valence-electron chi connectivity index (χ2n) is 8.75. The number of hydrogen-bond acceptors (Lipinski definition) is 5. The Labute approximate surface area is 195 Å². The summed E-state index contributed by atoms with van der Waals surface area (Å²) >= 11 is 0. The Kier molecular flexibility index (Phi) is 6.40. The van der Waals surface area contributed by atoms with Gasteiger partial charge in [-0.25, -0.2) is 13.9 Å². The molecule has 3 N–H and O–H groups in total. The molecule has 0 unspecified atom stereocenters. The Hall–Kier alpha value is -3.36. The van der Waals surface area contributed by atoms with E-state index >= 15 is 0 Å². The molecule has 7 nitrogen and oxygen atoms in total. The molecule has 2 aromatic heterocycles. The van der Waals surface area contributed by atoms with Crippen LogP contribution in [0.25, 0.3) is 22.2 Å². The molecule has 0 bridgehead atoms. The molecule has 0 saturated heterocycles. The predicted molar refractivity (Wildman–Crippen MR) is 130 cm³/mol. The summed E-state index contributed by atoms with van der Waals surface area (Å²) in [5, 5.41) is 5.22. The molecular weight excluding hydrogens is 436 g/mol. The monoisotopic (exact) mass is 462 g/mol. The number of para-hydroxylation sites is 1. The Morgan fingerprint density at radius 1 is 1.06 bits per heavy atom. The first-order chi connectivity index (χ1) is 15.7. The van der Waals surface area contributed by atoms with Crippen molar-refractivity contribution < 1.29 is 13.5 Å². The van der Waals surface area contributed by atoms with E-state index in [1.165, 1.54) is 0 Å². The summed E-state index contributed by atoms with van der Waals surface area (Å²) in [7, 11) is -1.35. The van der Waals surface area contributed by atoms with Gasteiger partial charge in [0.15, 0.2) is 5.58 Å². The van der Waals surface area contributed by atoms with Crippen LogP contribution in [0, 0.1) is 0 Å². The predicted octanol–water partition coefficient (Wildman–Crippen LogP) is 4.32. The highest BCUT2D eigenvalue weighted by Crippen LogP contribution is 2.34. The number of aromatic nitrogens is 2. The molecule has 0 aliphatic carbocycles. The molecule has 0 aliphatic heterocycles. The van der Waals surface area contributed by atoms with Crippen molar-refractivity contribution in [1.29, 1.82) is 0 Å². The van der Waals surface area contributed by atoms with E-state index < -0.39 is 21.6 Å². The number of hydrogen-bond donors (Lipinski definition) is 2. The lowest BCUT2D eigenvalue weighted by molar-refractivity contribution is 0.0995. The zero-order valence-corrected chi connectivity index (χ0v) is 19.6. The number of nitrogens with one attached hydrogen (secondary N) is 1. The maximum absolute atomic E-state index is 13.1. The van der Waals surface area contributed by atoms with Crippen LogP contribution in [0.15, 0.2) is 71.3 Å². The smallest absolute Gasteiger partial charge is 0.267 e. The molecule has 0 radical (unpaired) electrons. The van der Waals surface area contributed by atoms with Crippen LogP contribution in [0.5, 0.6) is 0 Å². The van der Waals surface area contributed by atoms with Gasteiger partial charge in [0.1, 0.15) is 11.4 Å². The molecule has 33 heavy (non-hydrogen) atoms. The quantitative estimate of drug-likeness (QED) is 0.425. The number of nitrogens with zero attached hydrogens (tertiary/aromatic N) is 2. The first-order valence-corrected chi connectivity index (χ1v) is 11.8. The number of nitrogens with two attached hydrogens (primary N) is 1. The van der Waals surface area contributed by atoms with Gasteiger partial charge in [-0.15, -0.1) is 0 Å². The maximum Gasteiger partial charge on any atom is 0.267 e. The first-order valence-electron chi connectivity index (χ1n) is 10.6. The first kappa shape index (κ1) is 22.8. The fourth-order valence-electron chi connectivity index (χ4n) is 3.56. The van der Waals surface area contributed by atoms with E-state index in [1.54, 1.807) is 12.1 Å². The number of amides is 1. The Morgan fingerprint density at radius 3 is 2.55 bits per heavy atom. The number of rotatable bonds is 7. The van der Waals surface area contributed by atoms with Crippen molar-refractivity contribution in [2.75, 3.05) is 0 Å². The number of carbonyl (C=O) groups excluding carboxylic acids is 1. The molecule has 0 saturated carbocycles. The molecule has 2 atom stereocenters. The molecular formula is C25H26N4O3S. The topological polar surface area (TPSA) is 111 Å². The summed E-state index contributed by atoms with van der Waals surface area (Å²) in [6.07, 6.45) is 0.399. The molecule has 0 spiro atoms. The van der Waals surface area contributed by atoms with Gasteiger partial charge in [0.05, 0.1) is 21.8 Å². The van der Waals surface area contributed by atoms with Gasteiger partial charge in [0.25, 0.3) is 5.91 Å². The van der Waals surface area contributed by atoms with Crippen LogP contribution >= 0.6 is 0 Å². The van der Waals surface area contributed by atoms with Crippen LogP contribution in [-0.2, 0) is 17.4 Å². The van der Waals surface area contributed by atoms with Crippen molar-refractivity contribution in [2.24, 2.45) is 5.73 Å². The molecule has 2 aromatic carbocycles. The Balaban J connectivity index is 1.80. The number of benzene rings is 2. The number of pyridine rings is 1. The normalized spacial score (nSPS) is 13.7. The molecule has 0 fully saturated rings. The molecule has 4 rings (SSSR count). The summed E-state index contributed by atoms with van der Waals surface area (Å²) in [6.45, 7) is 5.74. The lowest BCUT2D eigenvalue weighted by Crippen LogP contribution is -2.37. The Morgan fingerprint density at radius 2 is 1.79 bits per heavy atom. The van der Waals surface area contributed by atoms with E-state index in [9.17, 15) is 9.00 Å². The average Bonchev–Trinajstić information content (AvgIpc) is 3.22. The van der Waals surface area contributed by atoms with E-state index in [4.69, 9.17) is 10.3 Å². The second-order valence-corrected chi connectivity index (χ2v) is 10.7. The van der Waals surface area contributed by atoms with Gasteiger partial charge >= 0.3 is 0 Å². The third-order valence-electron chi connectivity index (χ3n) is 5.25. The maximum atomic E-state index is 13.1. The minimum absolute atomic E-state index is 0.193. The summed E-state index contributed by atoms with van der Waals surface area (Å²) in [4.78, 5) is 16.0. The number of fused-ring (bicyclic) bond motifs is 1. The third kappa shape index (κ3) is 5.02. The van der Waals surface area contributed by atoms with Crippen molar-refractivity contribution in [2.45, 2.75) is 38.0 Å². The summed E-state index contributed by atoms with van der Waals surface area (Å²) in [5.41, 5.74) is 9.46. The lowest BCUT2D eigenvalue weighted by Gasteiger charge is -2.26. The minimum Gasteiger partial charge on any atom is -0.364 e. The van der Waals surface area contributed by atoms with Crippen molar-refractivity contribution in [3.05, 3.63) is 83.7 Å². The SMILES string of the molecule is CC(C)(C)[S@](=O)N[C@@H](Cc1cccc(C(N)=O)n1)c1ccccc1-c1noc2ccccc12. The van der Waals surface area contributed by atoms with Crippen LogP contribution < -0.4 is 10.5 Å². The summed E-state index contributed by atoms with van der Waals surface area (Å²) < 4.78 is 21.4. The second kappa shape index (κ2) is 9.25. The van der Waals surface area contributed by atoms with Crippen molar-refractivity contribution in [1.82, 2.24) is 14.9 Å². The summed E-state index contributed by atoms with van der Waals surface area (Å²) in [5.74, 6) is -0.589. The van der Waals surface area contributed by atoms with Crippen LogP contribution in [0.3, 0.4) is 0 Å². The zero-order valence-electron chi connectivity index (χ0n) is 18.7. The highest BCUT2D eigenvalue weighted by atomic mass is 32.2. The van der Waals surface area contributed by atoms with Crippen molar-refractivity contribution in [3.63, 3.8) is 0 Å². The van der Waals surface area contributed by atoms with Crippen molar-refractivity contribution >= 4 is 27.9 Å². The Bertz CT molecular complexity index is 1330. The van der Waals surface area contributed by atoms with Gasteiger partial charge in [0, 0.05) is 23.1 Å². The van der Waals surface area contributed by atoms with Crippen LogP contribution in [0.2, 0.25) is 0 Å². The van der Waals surface area contributed by atoms with E-state index in [0.717, 1.165) is 16.5 Å². The van der Waals surface area contributed by atoms with E-state index in [-0.39, 0.29) is 11.7 Å².